The third-order valence-corrected chi connectivity index (χ3v) is 2.00. The molecule has 1 aromatic heterocycles. The highest BCUT2D eigenvalue weighted by Gasteiger charge is 1.93. The summed E-state index contributed by atoms with van der Waals surface area (Å²) in [5.41, 5.74) is 6.09. The van der Waals surface area contributed by atoms with Gasteiger partial charge < -0.3 is 5.73 Å². The van der Waals surface area contributed by atoms with Crippen LogP contribution in [0.3, 0.4) is 0 Å². The maximum Gasteiger partial charge on any atom is 0.193 e. The predicted octanol–water partition coefficient (Wildman–Crippen LogP) is 3.13. The fraction of sp³-hybridized carbons (Fsp3) is 0. The fourth-order valence-electron chi connectivity index (χ4n) is 1.000. The Morgan fingerprint density at radius 1 is 1.00 bits per heavy atom. The van der Waals surface area contributed by atoms with Crippen LogP contribution in [0.2, 0.25) is 5.02 Å². The number of azo groups is 1. The summed E-state index contributed by atoms with van der Waals surface area (Å²) < 4.78 is 0. The van der Waals surface area contributed by atoms with E-state index in [-0.39, 0.29) is 0 Å². The predicted molar refractivity (Wildman–Crippen MR) is 62.1 cm³/mol. The van der Waals surface area contributed by atoms with Gasteiger partial charge in [-0.2, -0.15) is 0 Å². The lowest BCUT2D eigenvalue weighted by molar-refractivity contribution is 1.11. The molecule has 0 fully saturated rings. The van der Waals surface area contributed by atoms with E-state index >= 15 is 0 Å². The molecule has 0 aliphatic carbocycles. The Labute approximate surface area is 97.0 Å². The molecule has 80 valence electrons. The quantitative estimate of drug-likeness (QED) is 0.810. The van der Waals surface area contributed by atoms with Gasteiger partial charge in [-0.25, -0.2) is 9.97 Å². The zero-order chi connectivity index (χ0) is 11.4. The molecule has 1 aromatic carbocycles. The highest BCUT2D eigenvalue weighted by molar-refractivity contribution is 6.30. The minimum Gasteiger partial charge on any atom is -0.382 e. The number of hydrogen-bond donors (Lipinski definition) is 1. The second-order valence-electron chi connectivity index (χ2n) is 2.98. The topological polar surface area (TPSA) is 76.5 Å². The SMILES string of the molecule is Nc1cnc(N=Nc2ccc(Cl)cc2)cn1. The van der Waals surface area contributed by atoms with Gasteiger partial charge in [0.05, 0.1) is 18.1 Å². The van der Waals surface area contributed by atoms with Gasteiger partial charge in [0.25, 0.3) is 0 Å². The second-order valence-corrected chi connectivity index (χ2v) is 3.41. The molecule has 0 saturated carbocycles. The Morgan fingerprint density at radius 3 is 2.38 bits per heavy atom. The minimum absolute atomic E-state index is 0.352. The molecule has 2 rings (SSSR count). The normalized spacial score (nSPS) is 10.8. The first kappa shape index (κ1) is 10.5. The van der Waals surface area contributed by atoms with Gasteiger partial charge in [-0.15, -0.1) is 10.2 Å². The molecular weight excluding hydrogens is 226 g/mol. The molecule has 2 N–H and O–H groups in total. The summed E-state index contributed by atoms with van der Waals surface area (Å²) in [6.45, 7) is 0. The number of aromatic nitrogens is 2. The van der Waals surface area contributed by atoms with Gasteiger partial charge in [0.1, 0.15) is 5.82 Å². The second kappa shape index (κ2) is 4.67. The number of nitrogens with zero attached hydrogens (tertiary/aromatic N) is 4. The van der Waals surface area contributed by atoms with E-state index in [1.807, 2.05) is 0 Å². The Kier molecular flexibility index (Phi) is 3.07. The van der Waals surface area contributed by atoms with Crippen molar-refractivity contribution in [3.63, 3.8) is 0 Å². The average Bonchev–Trinajstić information content (AvgIpc) is 2.30. The average molecular weight is 234 g/mol. The van der Waals surface area contributed by atoms with Gasteiger partial charge in [-0.1, -0.05) is 11.6 Å². The van der Waals surface area contributed by atoms with Gasteiger partial charge in [0.2, 0.25) is 0 Å². The van der Waals surface area contributed by atoms with Crippen LogP contribution in [-0.2, 0) is 0 Å². The summed E-state index contributed by atoms with van der Waals surface area (Å²) >= 11 is 5.74. The van der Waals surface area contributed by atoms with Crippen molar-refractivity contribution in [1.29, 1.82) is 0 Å². The highest BCUT2D eigenvalue weighted by Crippen LogP contribution is 2.18. The van der Waals surface area contributed by atoms with Crippen molar-refractivity contribution in [2.45, 2.75) is 0 Å². The van der Waals surface area contributed by atoms with E-state index in [2.05, 4.69) is 20.2 Å². The lowest BCUT2D eigenvalue weighted by atomic mass is 10.3. The van der Waals surface area contributed by atoms with Gasteiger partial charge in [-0.05, 0) is 24.3 Å². The molecule has 0 atom stereocenters. The standard InChI is InChI=1S/C10H8ClN5/c11-7-1-3-8(4-2-7)15-16-10-6-13-9(12)5-14-10/h1-6H,(H2,12,13). The Hall–Kier alpha value is -2.01. The summed E-state index contributed by atoms with van der Waals surface area (Å²) in [5.74, 6) is 0.759. The first-order valence-electron chi connectivity index (χ1n) is 4.49. The van der Waals surface area contributed by atoms with E-state index in [0.29, 0.717) is 22.3 Å². The number of rotatable bonds is 2. The number of benzene rings is 1. The van der Waals surface area contributed by atoms with Crippen molar-refractivity contribution < 1.29 is 0 Å². The highest BCUT2D eigenvalue weighted by atomic mass is 35.5. The molecular formula is C10H8ClN5. The molecule has 0 unspecified atom stereocenters. The lowest BCUT2D eigenvalue weighted by Gasteiger charge is -1.93. The number of nitrogens with two attached hydrogens (primary N) is 1. The van der Waals surface area contributed by atoms with Crippen LogP contribution in [0.4, 0.5) is 17.3 Å². The van der Waals surface area contributed by atoms with Crippen LogP contribution >= 0.6 is 11.6 Å². The van der Waals surface area contributed by atoms with Crippen LogP contribution in [-0.4, -0.2) is 9.97 Å². The lowest BCUT2D eigenvalue weighted by Crippen LogP contribution is -1.88. The Morgan fingerprint density at radius 2 is 1.75 bits per heavy atom. The van der Waals surface area contributed by atoms with Crippen molar-refractivity contribution in [2.75, 3.05) is 5.73 Å². The number of halogens is 1. The summed E-state index contributed by atoms with van der Waals surface area (Å²) in [4.78, 5) is 7.78. The van der Waals surface area contributed by atoms with E-state index in [0.717, 1.165) is 0 Å². The van der Waals surface area contributed by atoms with Crippen LogP contribution in [0.15, 0.2) is 46.9 Å². The zero-order valence-electron chi connectivity index (χ0n) is 8.21. The first-order chi connectivity index (χ1) is 7.74. The fourth-order valence-corrected chi connectivity index (χ4v) is 1.13. The van der Waals surface area contributed by atoms with Crippen LogP contribution in [0, 0.1) is 0 Å². The van der Waals surface area contributed by atoms with Crippen LogP contribution in [0.1, 0.15) is 0 Å². The summed E-state index contributed by atoms with van der Waals surface area (Å²) in [7, 11) is 0. The van der Waals surface area contributed by atoms with Crippen LogP contribution < -0.4 is 5.73 Å². The number of nitrogen functional groups attached to an aromatic ring is 1. The monoisotopic (exact) mass is 233 g/mol. The third-order valence-electron chi connectivity index (χ3n) is 1.75. The van der Waals surface area contributed by atoms with Crippen molar-refractivity contribution in [1.82, 2.24) is 9.97 Å². The minimum atomic E-state index is 0.352. The summed E-state index contributed by atoms with van der Waals surface area (Å²) in [5, 5.41) is 8.53. The molecule has 16 heavy (non-hydrogen) atoms. The van der Waals surface area contributed by atoms with Gasteiger partial charge >= 0.3 is 0 Å². The first-order valence-corrected chi connectivity index (χ1v) is 4.87. The molecule has 0 spiro atoms. The molecule has 1 heterocycles. The molecule has 0 radical (unpaired) electrons. The molecule has 2 aromatic rings. The molecule has 0 aliphatic heterocycles. The summed E-state index contributed by atoms with van der Waals surface area (Å²) in [6, 6.07) is 7.00. The van der Waals surface area contributed by atoms with Crippen LogP contribution in [0.25, 0.3) is 0 Å². The van der Waals surface area contributed by atoms with Crippen molar-refractivity contribution in [3.8, 4) is 0 Å². The van der Waals surface area contributed by atoms with E-state index in [4.69, 9.17) is 17.3 Å². The smallest absolute Gasteiger partial charge is 0.193 e. The molecule has 0 bridgehead atoms. The van der Waals surface area contributed by atoms with E-state index < -0.39 is 0 Å². The van der Waals surface area contributed by atoms with Crippen molar-refractivity contribution >= 4 is 28.9 Å². The molecule has 0 amide bonds. The molecule has 0 aliphatic rings. The van der Waals surface area contributed by atoms with Gasteiger partial charge in [-0.3, -0.25) is 0 Å². The molecule has 0 saturated heterocycles. The number of anilines is 1. The van der Waals surface area contributed by atoms with Gasteiger partial charge in [0, 0.05) is 5.02 Å². The number of hydrogen-bond acceptors (Lipinski definition) is 5. The van der Waals surface area contributed by atoms with E-state index in [9.17, 15) is 0 Å². The Bertz CT molecular complexity index is 444. The van der Waals surface area contributed by atoms with Crippen molar-refractivity contribution in [3.05, 3.63) is 41.7 Å². The molecule has 5 nitrogen and oxygen atoms in total. The van der Waals surface area contributed by atoms with Gasteiger partial charge in [0.15, 0.2) is 5.82 Å². The zero-order valence-corrected chi connectivity index (χ0v) is 8.96. The van der Waals surface area contributed by atoms with Crippen molar-refractivity contribution in [2.24, 2.45) is 10.2 Å². The van der Waals surface area contributed by atoms with E-state index in [1.165, 1.54) is 12.4 Å². The third kappa shape index (κ3) is 2.74. The van der Waals surface area contributed by atoms with E-state index in [1.54, 1.807) is 24.3 Å². The van der Waals surface area contributed by atoms with Crippen LogP contribution in [0.5, 0.6) is 0 Å². The maximum absolute atomic E-state index is 5.74. The largest absolute Gasteiger partial charge is 0.382 e. The Balaban J connectivity index is 2.15. The molecule has 6 heteroatoms. The summed E-state index contributed by atoms with van der Waals surface area (Å²) in [6.07, 6.45) is 2.88. The maximum atomic E-state index is 5.74.